The average molecular weight is 225 g/mol. The van der Waals surface area contributed by atoms with Crippen molar-refractivity contribution in [3.63, 3.8) is 0 Å². The molecule has 0 saturated carbocycles. The quantitative estimate of drug-likeness (QED) is 0.770. The van der Waals surface area contributed by atoms with Crippen molar-refractivity contribution in [2.24, 2.45) is 0 Å². The molecular formula is C11H15NO4. The summed E-state index contributed by atoms with van der Waals surface area (Å²) >= 11 is 0. The van der Waals surface area contributed by atoms with Gasteiger partial charge in [0.05, 0.1) is 18.6 Å². The van der Waals surface area contributed by atoms with Crippen molar-refractivity contribution in [2.75, 3.05) is 6.61 Å². The summed E-state index contributed by atoms with van der Waals surface area (Å²) in [4.78, 5) is 21.9. The van der Waals surface area contributed by atoms with E-state index in [4.69, 9.17) is 9.84 Å². The summed E-state index contributed by atoms with van der Waals surface area (Å²) in [5, 5.41) is 8.56. The van der Waals surface area contributed by atoms with Crippen LogP contribution in [0, 0.1) is 6.92 Å². The first-order valence-electron chi connectivity index (χ1n) is 5.11. The Balaban J connectivity index is 2.75. The Morgan fingerprint density at radius 2 is 2.19 bits per heavy atom. The van der Waals surface area contributed by atoms with Gasteiger partial charge in [-0.2, -0.15) is 0 Å². The monoisotopic (exact) mass is 225 g/mol. The number of ether oxygens (including phenoxy) is 1. The number of aromatic nitrogens is 1. The van der Waals surface area contributed by atoms with Crippen LogP contribution in [0.3, 0.4) is 0 Å². The molecule has 0 aliphatic carbocycles. The fourth-order valence-electron chi connectivity index (χ4n) is 1.43. The first-order valence-corrected chi connectivity index (χ1v) is 5.11. The minimum Gasteiger partial charge on any atom is -0.481 e. The number of hydrogen-bond donors (Lipinski definition) is 1. The minimum absolute atomic E-state index is 0.0395. The van der Waals surface area contributed by atoms with Crippen LogP contribution in [0.15, 0.2) is 12.3 Å². The first-order chi connectivity index (χ1) is 7.56. The van der Waals surface area contributed by atoms with Crippen molar-refractivity contribution in [3.8, 4) is 0 Å². The molecule has 0 amide bonds. The fraction of sp³-hybridized carbons (Fsp3) is 0.455. The minimum atomic E-state index is -0.856. The Morgan fingerprint density at radius 3 is 2.75 bits per heavy atom. The lowest BCUT2D eigenvalue weighted by atomic mass is 10.2. The highest BCUT2D eigenvalue weighted by Gasteiger charge is 2.13. The summed E-state index contributed by atoms with van der Waals surface area (Å²) in [7, 11) is 0. The molecule has 1 aromatic heterocycles. The zero-order valence-corrected chi connectivity index (χ0v) is 9.40. The first kappa shape index (κ1) is 12.3. The maximum absolute atomic E-state index is 11.5. The summed E-state index contributed by atoms with van der Waals surface area (Å²) < 4.78 is 6.62. The normalized spacial score (nSPS) is 10.1. The average Bonchev–Trinajstić information content (AvgIpc) is 2.57. The van der Waals surface area contributed by atoms with Gasteiger partial charge >= 0.3 is 11.9 Å². The number of carboxylic acids is 1. The second kappa shape index (κ2) is 5.34. The van der Waals surface area contributed by atoms with E-state index in [0.29, 0.717) is 18.7 Å². The molecule has 1 aromatic rings. The predicted octanol–water partition coefficient (Wildman–Crippen LogP) is 1.45. The molecule has 5 heteroatoms. The molecule has 0 aliphatic heterocycles. The van der Waals surface area contributed by atoms with Crippen LogP contribution in [0.25, 0.3) is 0 Å². The van der Waals surface area contributed by atoms with Gasteiger partial charge in [0.1, 0.15) is 0 Å². The molecule has 0 atom stereocenters. The van der Waals surface area contributed by atoms with Gasteiger partial charge in [-0.1, -0.05) is 0 Å². The second-order valence-electron chi connectivity index (χ2n) is 3.37. The molecule has 16 heavy (non-hydrogen) atoms. The molecular weight excluding hydrogens is 210 g/mol. The second-order valence-corrected chi connectivity index (χ2v) is 3.37. The van der Waals surface area contributed by atoms with E-state index in [0.717, 1.165) is 5.69 Å². The topological polar surface area (TPSA) is 68.5 Å². The van der Waals surface area contributed by atoms with Crippen molar-refractivity contribution in [3.05, 3.63) is 23.5 Å². The third kappa shape index (κ3) is 2.85. The molecule has 0 aliphatic rings. The van der Waals surface area contributed by atoms with Crippen LogP contribution in [0.4, 0.5) is 0 Å². The number of aliphatic carboxylic acids is 1. The van der Waals surface area contributed by atoms with Gasteiger partial charge in [-0.3, -0.25) is 4.79 Å². The van der Waals surface area contributed by atoms with Crippen LogP contribution >= 0.6 is 0 Å². The Bertz CT molecular complexity index is 395. The number of rotatable bonds is 5. The molecule has 0 bridgehead atoms. The van der Waals surface area contributed by atoms with Crippen LogP contribution in [-0.2, 0) is 16.1 Å². The van der Waals surface area contributed by atoms with Crippen LogP contribution in [-0.4, -0.2) is 28.2 Å². The molecule has 1 heterocycles. The molecule has 0 spiro atoms. The molecule has 0 radical (unpaired) electrons. The number of hydrogen-bond acceptors (Lipinski definition) is 3. The van der Waals surface area contributed by atoms with Crippen molar-refractivity contribution in [1.29, 1.82) is 0 Å². The lowest BCUT2D eigenvalue weighted by Crippen LogP contribution is -2.09. The van der Waals surface area contributed by atoms with E-state index in [2.05, 4.69) is 0 Å². The third-order valence-electron chi connectivity index (χ3n) is 2.30. The maximum Gasteiger partial charge on any atom is 0.339 e. The van der Waals surface area contributed by atoms with Gasteiger partial charge in [-0.05, 0) is 19.9 Å². The molecule has 0 unspecified atom stereocenters. The highest BCUT2D eigenvalue weighted by atomic mass is 16.5. The summed E-state index contributed by atoms with van der Waals surface area (Å²) in [5.74, 6) is -1.22. The summed E-state index contributed by atoms with van der Waals surface area (Å²) in [6.45, 7) is 4.21. The zero-order chi connectivity index (χ0) is 12.1. The van der Waals surface area contributed by atoms with Crippen molar-refractivity contribution in [2.45, 2.75) is 26.8 Å². The van der Waals surface area contributed by atoms with Gasteiger partial charge in [0, 0.05) is 18.4 Å². The number of nitrogens with zero attached hydrogens (tertiary/aromatic N) is 1. The lowest BCUT2D eigenvalue weighted by molar-refractivity contribution is -0.137. The Hall–Kier alpha value is -1.78. The largest absolute Gasteiger partial charge is 0.481 e. The zero-order valence-electron chi connectivity index (χ0n) is 9.40. The predicted molar refractivity (Wildman–Crippen MR) is 57.4 cm³/mol. The van der Waals surface area contributed by atoms with E-state index in [9.17, 15) is 9.59 Å². The molecule has 88 valence electrons. The standard InChI is InChI=1S/C11H15NO4/c1-3-16-11(15)9-4-6-12(8(9)2)7-5-10(13)14/h4,6H,3,5,7H2,1-2H3,(H,13,14). The number of aryl methyl sites for hydroxylation is 1. The van der Waals surface area contributed by atoms with Gasteiger partial charge in [0.25, 0.3) is 0 Å². The molecule has 0 fully saturated rings. The SMILES string of the molecule is CCOC(=O)c1ccn(CCC(=O)O)c1C. The Kier molecular flexibility index (Phi) is 4.10. The third-order valence-corrected chi connectivity index (χ3v) is 2.30. The van der Waals surface area contributed by atoms with Gasteiger partial charge in [-0.15, -0.1) is 0 Å². The number of carboxylic acid groups (broad SMARTS) is 1. The number of carbonyl (C=O) groups is 2. The number of carbonyl (C=O) groups excluding carboxylic acids is 1. The Morgan fingerprint density at radius 1 is 1.50 bits per heavy atom. The van der Waals surface area contributed by atoms with E-state index in [1.54, 1.807) is 30.7 Å². The molecule has 1 N–H and O–H groups in total. The van der Waals surface area contributed by atoms with E-state index in [-0.39, 0.29) is 12.4 Å². The van der Waals surface area contributed by atoms with Gasteiger partial charge < -0.3 is 14.4 Å². The lowest BCUT2D eigenvalue weighted by Gasteiger charge is -2.05. The van der Waals surface area contributed by atoms with Gasteiger partial charge in [0.15, 0.2) is 0 Å². The highest BCUT2D eigenvalue weighted by molar-refractivity contribution is 5.90. The highest BCUT2D eigenvalue weighted by Crippen LogP contribution is 2.12. The van der Waals surface area contributed by atoms with Crippen molar-refractivity contribution in [1.82, 2.24) is 4.57 Å². The molecule has 5 nitrogen and oxygen atoms in total. The van der Waals surface area contributed by atoms with Gasteiger partial charge in [0.2, 0.25) is 0 Å². The molecule has 0 saturated heterocycles. The van der Waals surface area contributed by atoms with Crippen molar-refractivity contribution >= 4 is 11.9 Å². The molecule has 1 rings (SSSR count). The Labute approximate surface area is 93.6 Å². The van der Waals surface area contributed by atoms with Crippen molar-refractivity contribution < 1.29 is 19.4 Å². The fourth-order valence-corrected chi connectivity index (χ4v) is 1.43. The van der Waals surface area contributed by atoms with Crippen LogP contribution < -0.4 is 0 Å². The smallest absolute Gasteiger partial charge is 0.339 e. The van der Waals surface area contributed by atoms with Crippen LogP contribution in [0.2, 0.25) is 0 Å². The van der Waals surface area contributed by atoms with E-state index in [1.165, 1.54) is 0 Å². The number of esters is 1. The van der Waals surface area contributed by atoms with E-state index in [1.807, 2.05) is 0 Å². The summed E-state index contributed by atoms with van der Waals surface area (Å²) in [6.07, 6.45) is 1.74. The molecule has 0 aromatic carbocycles. The van der Waals surface area contributed by atoms with E-state index < -0.39 is 5.97 Å². The van der Waals surface area contributed by atoms with Gasteiger partial charge in [-0.25, -0.2) is 4.79 Å². The van der Waals surface area contributed by atoms with Crippen LogP contribution in [0.1, 0.15) is 29.4 Å². The van der Waals surface area contributed by atoms with Crippen LogP contribution in [0.5, 0.6) is 0 Å². The maximum atomic E-state index is 11.5. The summed E-state index contributed by atoms with van der Waals surface area (Å²) in [5.41, 5.74) is 1.23. The van der Waals surface area contributed by atoms with E-state index >= 15 is 0 Å². The summed E-state index contributed by atoms with van der Waals surface area (Å²) in [6, 6.07) is 1.65.